The Balaban J connectivity index is 2.57. The Bertz CT molecular complexity index is 356. The van der Waals surface area contributed by atoms with Crippen molar-refractivity contribution in [3.05, 3.63) is 28.8 Å². The first kappa shape index (κ1) is 15.0. The van der Waals surface area contributed by atoms with Crippen LogP contribution in [-0.2, 0) is 11.3 Å². The van der Waals surface area contributed by atoms with Crippen LogP contribution in [0.25, 0.3) is 0 Å². The number of methoxy groups -OCH3 is 1. The smallest absolute Gasteiger partial charge is 0.121 e. The molecule has 0 saturated carbocycles. The predicted molar refractivity (Wildman–Crippen MR) is 71.8 cm³/mol. The lowest BCUT2D eigenvalue weighted by Crippen LogP contribution is -2.33. The number of phenols is 1. The fourth-order valence-electron chi connectivity index (χ4n) is 1.93. The second kappa shape index (κ2) is 7.36. The summed E-state index contributed by atoms with van der Waals surface area (Å²) in [6.07, 6.45) is 0.781. The lowest BCUT2D eigenvalue weighted by molar-refractivity contribution is 0.159. The number of aliphatic hydroxyl groups is 1. The van der Waals surface area contributed by atoms with E-state index in [0.717, 1.165) is 23.1 Å². The number of ether oxygens (including phenoxy) is 1. The van der Waals surface area contributed by atoms with Crippen molar-refractivity contribution in [3.8, 4) is 5.75 Å². The van der Waals surface area contributed by atoms with Crippen molar-refractivity contribution in [2.24, 2.45) is 0 Å². The van der Waals surface area contributed by atoms with Gasteiger partial charge in [-0.05, 0) is 37.0 Å². The van der Waals surface area contributed by atoms with Crippen molar-refractivity contribution in [3.63, 3.8) is 0 Å². The molecule has 0 saturated heterocycles. The largest absolute Gasteiger partial charge is 0.507 e. The average molecular weight is 253 g/mol. The van der Waals surface area contributed by atoms with Gasteiger partial charge in [-0.1, -0.05) is 12.1 Å². The molecule has 1 aromatic rings. The quantitative estimate of drug-likeness (QED) is 0.689. The van der Waals surface area contributed by atoms with Gasteiger partial charge in [0.05, 0.1) is 6.61 Å². The van der Waals surface area contributed by atoms with E-state index in [2.05, 4.69) is 5.32 Å². The van der Waals surface area contributed by atoms with Crippen LogP contribution in [0.2, 0.25) is 0 Å². The van der Waals surface area contributed by atoms with Gasteiger partial charge in [-0.2, -0.15) is 0 Å². The highest BCUT2D eigenvalue weighted by atomic mass is 16.5. The molecule has 4 nitrogen and oxygen atoms in total. The summed E-state index contributed by atoms with van der Waals surface area (Å²) in [6, 6.07) is 3.96. The van der Waals surface area contributed by atoms with E-state index in [1.54, 1.807) is 7.11 Å². The summed E-state index contributed by atoms with van der Waals surface area (Å²) in [5, 5.41) is 22.2. The van der Waals surface area contributed by atoms with Gasteiger partial charge < -0.3 is 20.3 Å². The van der Waals surface area contributed by atoms with Gasteiger partial charge in [0.1, 0.15) is 5.75 Å². The van der Waals surface area contributed by atoms with Crippen LogP contribution in [0, 0.1) is 13.8 Å². The zero-order valence-corrected chi connectivity index (χ0v) is 11.4. The molecule has 1 unspecified atom stereocenters. The highest BCUT2D eigenvalue weighted by Gasteiger charge is 2.08. The monoisotopic (exact) mass is 253 g/mol. The van der Waals surface area contributed by atoms with Gasteiger partial charge in [0.2, 0.25) is 0 Å². The van der Waals surface area contributed by atoms with Crippen LogP contribution >= 0.6 is 0 Å². The molecule has 0 spiro atoms. The van der Waals surface area contributed by atoms with Gasteiger partial charge in [0, 0.05) is 26.3 Å². The van der Waals surface area contributed by atoms with Crippen LogP contribution in [0.4, 0.5) is 0 Å². The van der Waals surface area contributed by atoms with Gasteiger partial charge in [0.25, 0.3) is 0 Å². The molecule has 0 fully saturated rings. The molecule has 0 amide bonds. The van der Waals surface area contributed by atoms with Gasteiger partial charge >= 0.3 is 0 Å². The van der Waals surface area contributed by atoms with E-state index in [9.17, 15) is 10.2 Å². The minimum absolute atomic E-state index is 0.0411. The fraction of sp³-hybridized carbons (Fsp3) is 0.571. The number of nitrogens with one attached hydrogen (secondary N) is 1. The van der Waals surface area contributed by atoms with Gasteiger partial charge in [-0.25, -0.2) is 0 Å². The Hall–Kier alpha value is -1.10. The maximum atomic E-state index is 9.69. The molecule has 0 bridgehead atoms. The van der Waals surface area contributed by atoms with Gasteiger partial charge in [-0.3, -0.25) is 0 Å². The molecule has 0 radical (unpaired) electrons. The molecule has 4 heteroatoms. The van der Waals surface area contributed by atoms with Crippen LogP contribution < -0.4 is 5.32 Å². The highest BCUT2D eigenvalue weighted by Crippen LogP contribution is 2.22. The zero-order valence-electron chi connectivity index (χ0n) is 11.4. The summed E-state index contributed by atoms with van der Waals surface area (Å²) >= 11 is 0. The maximum absolute atomic E-state index is 9.69. The molecular formula is C14H23NO3. The molecule has 0 aliphatic heterocycles. The zero-order chi connectivity index (χ0) is 13.5. The molecule has 1 rings (SSSR count). The Morgan fingerprint density at radius 3 is 2.39 bits per heavy atom. The lowest BCUT2D eigenvalue weighted by atomic mass is 10.1. The summed E-state index contributed by atoms with van der Waals surface area (Å²) < 4.78 is 5.00. The predicted octanol–water partition coefficient (Wildman–Crippen LogP) is 1.50. The number of phenolic OH excluding ortho intramolecular Hbond substituents is 1. The Labute approximate surface area is 109 Å². The van der Waals surface area contributed by atoms with E-state index in [-0.39, 0.29) is 12.6 Å². The Morgan fingerprint density at radius 1 is 1.28 bits per heavy atom. The lowest BCUT2D eigenvalue weighted by Gasteiger charge is -2.16. The van der Waals surface area contributed by atoms with E-state index in [0.29, 0.717) is 18.9 Å². The van der Waals surface area contributed by atoms with Crippen molar-refractivity contribution in [2.75, 3.05) is 20.3 Å². The first-order valence-corrected chi connectivity index (χ1v) is 6.20. The first-order valence-electron chi connectivity index (χ1n) is 6.20. The van der Waals surface area contributed by atoms with E-state index in [1.165, 1.54) is 0 Å². The molecular weight excluding hydrogens is 230 g/mol. The standard InChI is InChI=1S/C14H23NO3/c1-10-6-12(7-11(2)14(10)17)8-15-13(9-16)4-5-18-3/h6-7,13,15-17H,4-5,8-9H2,1-3H3. The topological polar surface area (TPSA) is 61.7 Å². The molecule has 0 heterocycles. The Kier molecular flexibility index (Phi) is 6.12. The molecule has 3 N–H and O–H groups in total. The molecule has 0 aliphatic rings. The van der Waals surface area contributed by atoms with E-state index in [1.807, 2.05) is 26.0 Å². The van der Waals surface area contributed by atoms with Crippen LogP contribution in [0.15, 0.2) is 12.1 Å². The number of aryl methyl sites for hydroxylation is 2. The first-order chi connectivity index (χ1) is 8.58. The highest BCUT2D eigenvalue weighted by molar-refractivity contribution is 5.42. The average Bonchev–Trinajstić information content (AvgIpc) is 2.36. The van der Waals surface area contributed by atoms with Crippen LogP contribution in [-0.4, -0.2) is 36.6 Å². The molecule has 1 atom stereocenters. The molecule has 18 heavy (non-hydrogen) atoms. The molecule has 102 valence electrons. The van der Waals surface area contributed by atoms with Crippen molar-refractivity contribution >= 4 is 0 Å². The van der Waals surface area contributed by atoms with Crippen molar-refractivity contribution in [1.82, 2.24) is 5.32 Å². The number of aliphatic hydroxyl groups excluding tert-OH is 1. The third-order valence-corrected chi connectivity index (χ3v) is 3.04. The normalized spacial score (nSPS) is 12.7. The molecule has 0 aromatic heterocycles. The summed E-state index contributed by atoms with van der Waals surface area (Å²) in [7, 11) is 1.65. The third-order valence-electron chi connectivity index (χ3n) is 3.04. The number of aromatic hydroxyl groups is 1. The van der Waals surface area contributed by atoms with Crippen molar-refractivity contribution in [2.45, 2.75) is 32.9 Å². The SMILES string of the molecule is COCCC(CO)NCc1cc(C)c(O)c(C)c1. The summed E-state index contributed by atoms with van der Waals surface area (Å²) in [4.78, 5) is 0. The number of rotatable bonds is 7. The minimum atomic E-state index is 0.0411. The molecule has 1 aromatic carbocycles. The fourth-order valence-corrected chi connectivity index (χ4v) is 1.93. The third kappa shape index (κ3) is 4.29. The minimum Gasteiger partial charge on any atom is -0.507 e. The summed E-state index contributed by atoms with van der Waals surface area (Å²) in [6.45, 7) is 5.18. The Morgan fingerprint density at radius 2 is 1.89 bits per heavy atom. The van der Waals surface area contributed by atoms with Crippen molar-refractivity contribution < 1.29 is 14.9 Å². The van der Waals surface area contributed by atoms with Gasteiger partial charge in [-0.15, -0.1) is 0 Å². The van der Waals surface area contributed by atoms with Crippen LogP contribution in [0.1, 0.15) is 23.1 Å². The number of hydrogen-bond donors (Lipinski definition) is 3. The van der Waals surface area contributed by atoms with E-state index >= 15 is 0 Å². The summed E-state index contributed by atoms with van der Waals surface area (Å²) in [5.41, 5.74) is 2.87. The second-order valence-corrected chi connectivity index (χ2v) is 4.62. The number of hydrogen-bond acceptors (Lipinski definition) is 4. The van der Waals surface area contributed by atoms with Crippen molar-refractivity contribution in [1.29, 1.82) is 0 Å². The summed E-state index contributed by atoms with van der Waals surface area (Å²) in [5.74, 6) is 0.358. The van der Waals surface area contributed by atoms with E-state index in [4.69, 9.17) is 4.74 Å². The molecule has 0 aliphatic carbocycles. The second-order valence-electron chi connectivity index (χ2n) is 4.62. The van der Waals surface area contributed by atoms with Gasteiger partial charge in [0.15, 0.2) is 0 Å². The van der Waals surface area contributed by atoms with E-state index < -0.39 is 0 Å². The van der Waals surface area contributed by atoms with Crippen LogP contribution in [0.3, 0.4) is 0 Å². The number of benzene rings is 1. The van der Waals surface area contributed by atoms with Crippen LogP contribution in [0.5, 0.6) is 5.75 Å². The maximum Gasteiger partial charge on any atom is 0.121 e.